The van der Waals surface area contributed by atoms with Crippen LogP contribution in [0.15, 0.2) is 4.99 Å². The number of carbonyl (C=O) groups excluding carboxylic acids is 2. The Kier molecular flexibility index (Phi) is 9.46. The van der Waals surface area contributed by atoms with Gasteiger partial charge in [0.25, 0.3) is 0 Å². The first-order valence-electron chi connectivity index (χ1n) is 9.82. The van der Waals surface area contributed by atoms with Crippen LogP contribution in [0.25, 0.3) is 0 Å². The van der Waals surface area contributed by atoms with Crippen LogP contribution in [0.4, 0.5) is 0 Å². The number of hydrogen-bond donors (Lipinski definition) is 1. The molecule has 0 unspecified atom stereocenters. The first kappa shape index (κ1) is 21.2. The summed E-state index contributed by atoms with van der Waals surface area (Å²) in [5.74, 6) is 0.956. The van der Waals surface area contributed by atoms with Gasteiger partial charge in [0.15, 0.2) is 0 Å². The fraction of sp³-hybridized carbons (Fsp3) is 0.842. The predicted molar refractivity (Wildman–Crippen MR) is 104 cm³/mol. The van der Waals surface area contributed by atoms with Crippen molar-refractivity contribution in [2.45, 2.75) is 76.3 Å². The lowest BCUT2D eigenvalue weighted by molar-refractivity contribution is -0.140. The minimum Gasteiger partial charge on any atom is -0.469 e. The van der Waals surface area contributed by atoms with Crippen molar-refractivity contribution < 1.29 is 19.4 Å². The second-order valence-corrected chi connectivity index (χ2v) is 8.19. The Balaban J connectivity index is 1.63. The monoisotopic (exact) mass is 384 g/mol. The zero-order valence-electron chi connectivity index (χ0n) is 15.8. The molecule has 0 aromatic carbocycles. The van der Waals surface area contributed by atoms with Crippen LogP contribution >= 0.6 is 11.8 Å². The maximum absolute atomic E-state index is 12.2. The number of aliphatic imine (C=N–C) groups is 1. The number of ether oxygens (including phenoxy) is 1. The number of hydrogen-bond acceptors (Lipinski definition) is 6. The molecule has 2 aliphatic rings. The summed E-state index contributed by atoms with van der Waals surface area (Å²) in [5, 5.41) is 9.91. The summed E-state index contributed by atoms with van der Waals surface area (Å²) in [6.07, 6.45) is 9.18. The normalized spacial score (nSPS) is 21.8. The fourth-order valence-electron chi connectivity index (χ4n) is 3.62. The lowest BCUT2D eigenvalue weighted by Gasteiger charge is -2.23. The molecule has 0 spiro atoms. The topological polar surface area (TPSA) is 79.2 Å². The van der Waals surface area contributed by atoms with E-state index in [1.54, 1.807) is 11.8 Å². The molecule has 2 aliphatic heterocycles. The average molecular weight is 385 g/mol. The molecule has 0 aliphatic carbocycles. The molecule has 0 bridgehead atoms. The van der Waals surface area contributed by atoms with Crippen molar-refractivity contribution in [2.75, 3.05) is 26.0 Å². The number of nitrogens with zero attached hydrogens (tertiary/aromatic N) is 2. The summed E-state index contributed by atoms with van der Waals surface area (Å²) in [5.41, 5.74) is 0. The smallest absolute Gasteiger partial charge is 0.305 e. The van der Waals surface area contributed by atoms with Crippen LogP contribution in [-0.2, 0) is 14.3 Å². The molecule has 7 heteroatoms. The number of unbranched alkanes of at least 4 members (excludes halogenated alkanes) is 5. The Bertz CT molecular complexity index is 498. The number of aliphatic hydroxyl groups excluding tert-OH is 1. The molecule has 26 heavy (non-hydrogen) atoms. The maximum Gasteiger partial charge on any atom is 0.305 e. The first-order chi connectivity index (χ1) is 12.7. The number of fused-ring (bicyclic) bond motifs is 1. The number of rotatable bonds is 12. The highest BCUT2D eigenvalue weighted by Crippen LogP contribution is 2.33. The van der Waals surface area contributed by atoms with E-state index in [4.69, 9.17) is 10.1 Å². The van der Waals surface area contributed by atoms with Gasteiger partial charge in [-0.05, 0) is 25.0 Å². The van der Waals surface area contributed by atoms with Crippen LogP contribution in [0.5, 0.6) is 0 Å². The molecule has 0 radical (unpaired) electrons. The Morgan fingerprint density at radius 2 is 1.92 bits per heavy atom. The number of likely N-dealkylation sites (tertiary alicyclic amines) is 1. The van der Waals surface area contributed by atoms with E-state index in [0.717, 1.165) is 62.3 Å². The highest BCUT2D eigenvalue weighted by atomic mass is 32.2. The number of aliphatic hydroxyl groups is 1. The Morgan fingerprint density at radius 3 is 2.65 bits per heavy atom. The number of esters is 1. The molecular formula is C19H32N2O4S. The predicted octanol–water partition coefficient (Wildman–Crippen LogP) is 2.78. The number of methoxy groups -OCH3 is 1. The Labute approximate surface area is 160 Å². The van der Waals surface area contributed by atoms with Gasteiger partial charge in [-0.2, -0.15) is 0 Å². The number of carbonyl (C=O) groups is 2. The van der Waals surface area contributed by atoms with Crippen molar-refractivity contribution in [1.82, 2.24) is 4.90 Å². The summed E-state index contributed by atoms with van der Waals surface area (Å²) < 4.78 is 4.65. The van der Waals surface area contributed by atoms with Crippen LogP contribution < -0.4 is 0 Å². The molecule has 2 heterocycles. The minimum absolute atomic E-state index is 0.134. The quantitative estimate of drug-likeness (QED) is 0.413. The third kappa shape index (κ3) is 6.58. The fourth-order valence-corrected chi connectivity index (χ4v) is 4.64. The van der Waals surface area contributed by atoms with Gasteiger partial charge in [-0.1, -0.05) is 25.7 Å². The van der Waals surface area contributed by atoms with E-state index >= 15 is 0 Å². The Morgan fingerprint density at radius 1 is 1.19 bits per heavy atom. The van der Waals surface area contributed by atoms with Gasteiger partial charge in [-0.3, -0.25) is 14.6 Å². The van der Waals surface area contributed by atoms with Crippen molar-refractivity contribution in [1.29, 1.82) is 0 Å². The van der Waals surface area contributed by atoms with E-state index in [-0.39, 0.29) is 30.6 Å². The second-order valence-electron chi connectivity index (χ2n) is 7.03. The zero-order valence-corrected chi connectivity index (χ0v) is 16.6. The Hall–Kier alpha value is -1.08. The van der Waals surface area contributed by atoms with Gasteiger partial charge >= 0.3 is 5.97 Å². The largest absolute Gasteiger partial charge is 0.469 e. The second kappa shape index (κ2) is 11.6. The third-order valence-corrected chi connectivity index (χ3v) is 6.17. The van der Waals surface area contributed by atoms with Gasteiger partial charge in [0.1, 0.15) is 0 Å². The van der Waals surface area contributed by atoms with Crippen molar-refractivity contribution in [3.8, 4) is 0 Å². The van der Waals surface area contributed by atoms with Crippen molar-refractivity contribution in [3.63, 3.8) is 0 Å². The number of thioether (sulfide) groups is 1. The van der Waals surface area contributed by atoms with E-state index in [1.165, 1.54) is 13.5 Å². The van der Waals surface area contributed by atoms with Gasteiger partial charge in [0, 0.05) is 26.0 Å². The molecule has 0 saturated carbocycles. The van der Waals surface area contributed by atoms with Crippen molar-refractivity contribution >= 4 is 28.7 Å². The van der Waals surface area contributed by atoms with E-state index in [2.05, 4.69) is 4.74 Å². The van der Waals surface area contributed by atoms with Gasteiger partial charge in [-0.25, -0.2) is 0 Å². The standard InChI is InChI=1S/C19H32N2O4S/c1-25-19(24)9-8-12-26-17-14-16-15(20-17)13-18(23)21(16)10-6-4-2-3-5-7-11-22/h15-16,22H,2-14H2,1H3/t15-,16-/m1/s1. The molecule has 2 rings (SSSR count). The summed E-state index contributed by atoms with van der Waals surface area (Å²) in [6, 6.07) is 0.384. The molecule has 148 valence electrons. The lowest BCUT2D eigenvalue weighted by Crippen LogP contribution is -2.36. The molecule has 0 aromatic heterocycles. The molecular weight excluding hydrogens is 352 g/mol. The highest BCUT2D eigenvalue weighted by Gasteiger charge is 2.43. The highest BCUT2D eigenvalue weighted by molar-refractivity contribution is 8.13. The van der Waals surface area contributed by atoms with E-state index in [0.29, 0.717) is 12.8 Å². The van der Waals surface area contributed by atoms with Crippen LogP contribution in [0, 0.1) is 0 Å². The molecule has 1 amide bonds. The summed E-state index contributed by atoms with van der Waals surface area (Å²) in [6.45, 7) is 1.13. The van der Waals surface area contributed by atoms with Crippen molar-refractivity contribution in [3.05, 3.63) is 0 Å². The van der Waals surface area contributed by atoms with Crippen LogP contribution in [0.3, 0.4) is 0 Å². The van der Waals surface area contributed by atoms with Crippen LogP contribution in [0.2, 0.25) is 0 Å². The summed E-state index contributed by atoms with van der Waals surface area (Å²) in [4.78, 5) is 30.2. The van der Waals surface area contributed by atoms with Crippen LogP contribution in [0.1, 0.15) is 64.2 Å². The van der Waals surface area contributed by atoms with Crippen LogP contribution in [-0.4, -0.2) is 65.0 Å². The van der Waals surface area contributed by atoms with Gasteiger partial charge < -0.3 is 14.7 Å². The molecule has 0 aromatic rings. The molecule has 1 fully saturated rings. The first-order valence-corrected chi connectivity index (χ1v) is 10.8. The molecule has 2 atom stereocenters. The van der Waals surface area contributed by atoms with E-state index < -0.39 is 0 Å². The summed E-state index contributed by atoms with van der Waals surface area (Å²) >= 11 is 1.72. The van der Waals surface area contributed by atoms with E-state index in [1.807, 2.05) is 4.90 Å². The molecule has 1 N–H and O–H groups in total. The van der Waals surface area contributed by atoms with Gasteiger partial charge in [0.05, 0.1) is 30.7 Å². The number of amides is 1. The minimum atomic E-state index is -0.163. The lowest BCUT2D eigenvalue weighted by atomic mass is 10.1. The average Bonchev–Trinajstić information content (AvgIpc) is 3.15. The van der Waals surface area contributed by atoms with Crippen molar-refractivity contribution in [2.24, 2.45) is 4.99 Å². The molecule has 1 saturated heterocycles. The van der Waals surface area contributed by atoms with Gasteiger partial charge in [0.2, 0.25) is 5.91 Å². The SMILES string of the molecule is COC(=O)CCCSC1=N[C@@H]2CC(=O)N(CCCCCCCCO)[C@@H]2C1. The third-order valence-electron chi connectivity index (χ3n) is 5.07. The van der Waals surface area contributed by atoms with Gasteiger partial charge in [-0.15, -0.1) is 11.8 Å². The van der Waals surface area contributed by atoms with E-state index in [9.17, 15) is 9.59 Å². The maximum atomic E-state index is 12.2. The summed E-state index contributed by atoms with van der Waals surface area (Å²) in [7, 11) is 1.42. The molecule has 6 nitrogen and oxygen atoms in total. The zero-order chi connectivity index (χ0) is 18.8.